The Morgan fingerprint density at radius 3 is 2.06 bits per heavy atom. The maximum Gasteiger partial charge on any atom is 0.234 e. The Hall–Kier alpha value is -2.90. The zero-order chi connectivity index (χ0) is 22.0. The third-order valence-electron chi connectivity index (χ3n) is 4.85. The first kappa shape index (κ1) is 21.3. The molecule has 0 aliphatic carbocycles. The summed E-state index contributed by atoms with van der Waals surface area (Å²) in [5, 5.41) is 2.99. The van der Waals surface area contributed by atoms with Gasteiger partial charge in [0, 0.05) is 16.6 Å². The molecule has 0 saturated carbocycles. The van der Waals surface area contributed by atoms with Crippen molar-refractivity contribution in [1.82, 2.24) is 4.98 Å². The summed E-state index contributed by atoms with van der Waals surface area (Å²) < 4.78 is 33.4. The number of nitrogens with one attached hydrogen (secondary N) is 1. The van der Waals surface area contributed by atoms with Crippen LogP contribution in [0, 0.1) is 13.8 Å². The van der Waals surface area contributed by atoms with Crippen LogP contribution in [-0.4, -0.2) is 13.4 Å². The number of hydrogen-bond acceptors (Lipinski definition) is 5. The number of nitrogens with zero attached hydrogens (tertiary/aromatic N) is 1. The third-order valence-corrected chi connectivity index (χ3v) is 7.05. The predicted octanol–water partition coefficient (Wildman–Crippen LogP) is 6.17. The Bertz CT molecular complexity index is 1290. The number of hydrogen-bond donors (Lipinski definition) is 1. The van der Waals surface area contributed by atoms with E-state index in [1.165, 1.54) is 0 Å². The van der Waals surface area contributed by atoms with Gasteiger partial charge in [-0.15, -0.1) is 0 Å². The first-order valence-corrected chi connectivity index (χ1v) is 12.0. The largest absolute Gasteiger partial charge is 0.419 e. The second-order valence-electron chi connectivity index (χ2n) is 7.32. The molecule has 0 atom stereocenters. The Balaban J connectivity index is 1.74. The lowest BCUT2D eigenvalue weighted by Gasteiger charge is -2.07. The number of halogens is 1. The van der Waals surface area contributed by atoms with Crippen LogP contribution in [0.15, 0.2) is 91.6 Å². The number of benzene rings is 3. The van der Waals surface area contributed by atoms with Gasteiger partial charge < -0.3 is 9.73 Å². The molecule has 0 bridgehead atoms. The van der Waals surface area contributed by atoms with Gasteiger partial charge in [-0.1, -0.05) is 63.5 Å². The molecule has 31 heavy (non-hydrogen) atoms. The third kappa shape index (κ3) is 4.73. The zero-order valence-corrected chi connectivity index (χ0v) is 19.5. The van der Waals surface area contributed by atoms with Crippen LogP contribution in [-0.2, 0) is 16.4 Å². The molecule has 0 fully saturated rings. The van der Waals surface area contributed by atoms with Crippen LogP contribution in [0.3, 0.4) is 0 Å². The normalized spacial score (nSPS) is 11.5. The lowest BCUT2D eigenvalue weighted by Crippen LogP contribution is -2.07. The van der Waals surface area contributed by atoms with Gasteiger partial charge in [-0.3, -0.25) is 0 Å². The minimum absolute atomic E-state index is 0.124. The summed E-state index contributed by atoms with van der Waals surface area (Å²) in [7, 11) is -3.88. The highest BCUT2D eigenvalue weighted by Gasteiger charge is 2.28. The average Bonchev–Trinajstić information content (AvgIpc) is 3.19. The number of rotatable bonds is 6. The van der Waals surface area contributed by atoms with Crippen molar-refractivity contribution in [2.45, 2.75) is 30.3 Å². The van der Waals surface area contributed by atoms with Crippen LogP contribution < -0.4 is 5.32 Å². The predicted molar refractivity (Wildman–Crippen MR) is 125 cm³/mol. The first-order valence-electron chi connectivity index (χ1n) is 9.71. The molecule has 1 aromatic heterocycles. The van der Waals surface area contributed by atoms with Crippen molar-refractivity contribution in [3.05, 3.63) is 94.0 Å². The molecule has 0 spiro atoms. The second-order valence-corrected chi connectivity index (χ2v) is 10.1. The second kappa shape index (κ2) is 8.69. The summed E-state index contributed by atoms with van der Waals surface area (Å²) in [5.74, 6) is 0.376. The maximum absolute atomic E-state index is 13.3. The van der Waals surface area contributed by atoms with Gasteiger partial charge >= 0.3 is 0 Å². The van der Waals surface area contributed by atoms with E-state index in [1.54, 1.807) is 24.3 Å². The number of sulfone groups is 1. The SMILES string of the molecule is Cc1ccc(CNc2oc(-c3ccc(C)cc3)nc2S(=O)(=O)c2ccc(Br)cc2)cc1. The van der Waals surface area contributed by atoms with E-state index >= 15 is 0 Å². The minimum atomic E-state index is -3.88. The number of aromatic nitrogens is 1. The van der Waals surface area contributed by atoms with Crippen LogP contribution in [0.2, 0.25) is 0 Å². The lowest BCUT2D eigenvalue weighted by atomic mass is 10.1. The molecule has 3 aromatic carbocycles. The molecule has 0 unspecified atom stereocenters. The van der Waals surface area contributed by atoms with E-state index in [9.17, 15) is 8.42 Å². The molecular weight excluding hydrogens is 476 g/mol. The summed E-state index contributed by atoms with van der Waals surface area (Å²) in [6, 6.07) is 22.0. The number of oxazole rings is 1. The molecule has 1 heterocycles. The van der Waals surface area contributed by atoms with Gasteiger partial charge in [-0.2, -0.15) is 4.98 Å². The van der Waals surface area contributed by atoms with E-state index in [4.69, 9.17) is 4.42 Å². The van der Waals surface area contributed by atoms with Gasteiger partial charge in [-0.05, 0) is 55.8 Å². The fourth-order valence-electron chi connectivity index (χ4n) is 3.03. The Labute approximate surface area is 190 Å². The molecule has 0 aliphatic heterocycles. The fraction of sp³-hybridized carbons (Fsp3) is 0.125. The van der Waals surface area contributed by atoms with Crippen molar-refractivity contribution >= 4 is 31.7 Å². The molecule has 7 heteroatoms. The molecule has 4 rings (SSSR count). The van der Waals surface area contributed by atoms with Crippen molar-refractivity contribution in [2.75, 3.05) is 5.32 Å². The van der Waals surface area contributed by atoms with Crippen LogP contribution in [0.5, 0.6) is 0 Å². The average molecular weight is 497 g/mol. The molecule has 0 amide bonds. The summed E-state index contributed by atoms with van der Waals surface area (Å²) >= 11 is 3.34. The minimum Gasteiger partial charge on any atom is -0.419 e. The van der Waals surface area contributed by atoms with E-state index in [2.05, 4.69) is 26.2 Å². The van der Waals surface area contributed by atoms with Gasteiger partial charge in [0.1, 0.15) is 0 Å². The standard InChI is InChI=1S/C24H21BrN2O3S/c1-16-3-7-18(8-4-16)15-26-23-24(31(28,29)21-13-11-20(25)12-14-21)27-22(30-23)19-9-5-17(2)6-10-19/h3-14,26H,15H2,1-2H3. The summed E-state index contributed by atoms with van der Waals surface area (Å²) in [6.45, 7) is 4.41. The summed E-state index contributed by atoms with van der Waals surface area (Å²) in [5.41, 5.74) is 3.96. The van der Waals surface area contributed by atoms with Crippen LogP contribution in [0.1, 0.15) is 16.7 Å². The van der Waals surface area contributed by atoms with Crippen LogP contribution in [0.4, 0.5) is 5.88 Å². The first-order chi connectivity index (χ1) is 14.8. The molecule has 0 saturated heterocycles. The molecule has 0 radical (unpaired) electrons. The van der Waals surface area contributed by atoms with Gasteiger partial charge in [0.2, 0.25) is 26.6 Å². The zero-order valence-electron chi connectivity index (χ0n) is 17.1. The van der Waals surface area contributed by atoms with E-state index in [0.29, 0.717) is 12.1 Å². The smallest absolute Gasteiger partial charge is 0.234 e. The van der Waals surface area contributed by atoms with E-state index in [1.807, 2.05) is 62.4 Å². The molecule has 158 valence electrons. The highest BCUT2D eigenvalue weighted by molar-refractivity contribution is 9.10. The Morgan fingerprint density at radius 2 is 1.45 bits per heavy atom. The van der Waals surface area contributed by atoms with Crippen molar-refractivity contribution < 1.29 is 12.8 Å². The summed E-state index contributed by atoms with van der Waals surface area (Å²) in [6.07, 6.45) is 0. The summed E-state index contributed by atoms with van der Waals surface area (Å²) in [4.78, 5) is 4.53. The quantitative estimate of drug-likeness (QED) is 0.345. The van der Waals surface area contributed by atoms with Crippen molar-refractivity contribution in [1.29, 1.82) is 0 Å². The molecule has 5 nitrogen and oxygen atoms in total. The molecule has 1 N–H and O–H groups in total. The number of anilines is 1. The van der Waals surface area contributed by atoms with Crippen LogP contribution in [0.25, 0.3) is 11.5 Å². The van der Waals surface area contributed by atoms with E-state index in [0.717, 1.165) is 21.2 Å². The van der Waals surface area contributed by atoms with Gasteiger partial charge in [0.05, 0.1) is 4.90 Å². The van der Waals surface area contributed by atoms with Crippen molar-refractivity contribution in [2.24, 2.45) is 0 Å². The molecule has 4 aromatic rings. The van der Waals surface area contributed by atoms with Gasteiger partial charge in [0.15, 0.2) is 0 Å². The molecule has 0 aliphatic rings. The maximum atomic E-state index is 13.3. The highest BCUT2D eigenvalue weighted by atomic mass is 79.9. The van der Waals surface area contributed by atoms with Gasteiger partial charge in [-0.25, -0.2) is 8.42 Å². The monoisotopic (exact) mass is 496 g/mol. The van der Waals surface area contributed by atoms with Crippen molar-refractivity contribution in [3.8, 4) is 11.5 Å². The van der Waals surface area contributed by atoms with E-state index < -0.39 is 9.84 Å². The van der Waals surface area contributed by atoms with Crippen LogP contribution >= 0.6 is 15.9 Å². The highest BCUT2D eigenvalue weighted by Crippen LogP contribution is 2.33. The molecular formula is C24H21BrN2O3S. The van der Waals surface area contributed by atoms with Gasteiger partial charge in [0.25, 0.3) is 0 Å². The van der Waals surface area contributed by atoms with E-state index in [-0.39, 0.29) is 21.7 Å². The Morgan fingerprint density at radius 1 is 0.871 bits per heavy atom. The fourth-order valence-corrected chi connectivity index (χ4v) is 4.58. The lowest BCUT2D eigenvalue weighted by molar-refractivity contribution is 0.576. The number of aryl methyl sites for hydroxylation is 2. The topological polar surface area (TPSA) is 72.2 Å². The Kier molecular flexibility index (Phi) is 5.98. The van der Waals surface area contributed by atoms with Crippen molar-refractivity contribution in [3.63, 3.8) is 0 Å².